The van der Waals surface area contributed by atoms with Crippen LogP contribution in [0, 0.1) is 29.1 Å². The first-order valence-electron chi connectivity index (χ1n) is 9.42. The van der Waals surface area contributed by atoms with E-state index in [1.165, 1.54) is 25.7 Å². The van der Waals surface area contributed by atoms with Gasteiger partial charge in [0.25, 0.3) is 8.53 Å². The Kier molecular flexibility index (Phi) is 8.17. The van der Waals surface area contributed by atoms with E-state index in [4.69, 9.17) is 14.3 Å². The molecule has 5 heteroatoms. The lowest BCUT2D eigenvalue weighted by atomic mass is 10.1. The van der Waals surface area contributed by atoms with Gasteiger partial charge in [-0.3, -0.25) is 0 Å². The Hall–Kier alpha value is -0.460. The smallest absolute Gasteiger partial charge is 0.259 e. The summed E-state index contributed by atoms with van der Waals surface area (Å²) in [7, 11) is -1.08. The Labute approximate surface area is 149 Å². The summed E-state index contributed by atoms with van der Waals surface area (Å²) in [5.74, 6) is 2.39. The van der Waals surface area contributed by atoms with E-state index < -0.39 is 8.53 Å². The lowest BCUT2D eigenvalue weighted by molar-refractivity contribution is 0.168. The van der Waals surface area contributed by atoms with E-state index >= 15 is 0 Å². The van der Waals surface area contributed by atoms with Crippen molar-refractivity contribution in [3.63, 3.8) is 0 Å². The second kappa shape index (κ2) is 9.88. The molecule has 2 aliphatic rings. The summed E-state index contributed by atoms with van der Waals surface area (Å²) in [4.78, 5) is 0. The predicted molar refractivity (Wildman–Crippen MR) is 99.2 cm³/mol. The van der Waals surface area contributed by atoms with Crippen molar-refractivity contribution in [3.8, 4) is 6.07 Å². The van der Waals surface area contributed by atoms with Crippen LogP contribution in [-0.4, -0.2) is 30.0 Å². The van der Waals surface area contributed by atoms with Crippen LogP contribution in [0.4, 0.5) is 0 Å². The van der Waals surface area contributed by atoms with E-state index in [-0.39, 0.29) is 0 Å². The normalized spacial score (nSPS) is 29.0. The van der Waals surface area contributed by atoms with Crippen LogP contribution in [0.3, 0.4) is 0 Å². The second-order valence-electron chi connectivity index (χ2n) is 7.46. The molecule has 0 heterocycles. The third-order valence-electron chi connectivity index (χ3n) is 5.05. The first kappa shape index (κ1) is 19.9. The highest BCUT2D eigenvalue weighted by Crippen LogP contribution is 2.55. The van der Waals surface area contributed by atoms with Gasteiger partial charge in [0.15, 0.2) is 0 Å². The average molecular weight is 352 g/mol. The van der Waals surface area contributed by atoms with Crippen molar-refractivity contribution in [2.45, 2.75) is 71.9 Å². The quantitative estimate of drug-likeness (QED) is 0.322. The molecule has 0 N–H and O–H groups in total. The van der Waals surface area contributed by atoms with Gasteiger partial charge in [-0.25, -0.2) is 4.67 Å². The maximum absolute atomic E-state index is 8.77. The molecule has 24 heavy (non-hydrogen) atoms. The summed E-state index contributed by atoms with van der Waals surface area (Å²) < 4.78 is 14.6. The summed E-state index contributed by atoms with van der Waals surface area (Å²) in [5, 5.41) is 8.77. The number of nitriles is 1. The Morgan fingerprint density at radius 1 is 1.08 bits per heavy atom. The molecule has 2 rings (SSSR count). The van der Waals surface area contributed by atoms with E-state index in [2.05, 4.69) is 50.6 Å². The molecule has 0 aromatic rings. The highest BCUT2D eigenvalue weighted by Gasteiger charge is 2.49. The minimum absolute atomic E-state index is 0.371. The van der Waals surface area contributed by atoms with Gasteiger partial charge in [-0.15, -0.1) is 0 Å². The van der Waals surface area contributed by atoms with Crippen molar-refractivity contribution >= 4 is 8.53 Å². The van der Waals surface area contributed by atoms with Gasteiger partial charge in [0.2, 0.25) is 0 Å². The fourth-order valence-electron chi connectivity index (χ4n) is 3.90. The average Bonchev–Trinajstić information content (AvgIpc) is 3.13. The standard InChI is InChI=1S/C19H33N2O2P/c1-15(2)21(16(3)4)24(22-13-9-12-20)23-14-19-17-10-7-5-6-8-11-18(17)19/h5-6,15-19H,7-11,13-14H2,1-4H3/b6-5+. The second-order valence-corrected chi connectivity index (χ2v) is 8.91. The lowest BCUT2D eigenvalue weighted by Crippen LogP contribution is -2.33. The molecule has 0 amide bonds. The van der Waals surface area contributed by atoms with Gasteiger partial charge in [0.1, 0.15) is 0 Å². The number of hydrogen-bond donors (Lipinski definition) is 0. The highest BCUT2D eigenvalue weighted by atomic mass is 31.2. The minimum Gasteiger partial charge on any atom is -0.322 e. The zero-order valence-corrected chi connectivity index (χ0v) is 16.5. The van der Waals surface area contributed by atoms with Crippen LogP contribution in [0.15, 0.2) is 12.2 Å². The zero-order valence-electron chi connectivity index (χ0n) is 15.6. The van der Waals surface area contributed by atoms with Crippen molar-refractivity contribution in [3.05, 3.63) is 12.2 Å². The van der Waals surface area contributed by atoms with Crippen molar-refractivity contribution in [1.29, 1.82) is 5.26 Å². The van der Waals surface area contributed by atoms with Gasteiger partial charge < -0.3 is 9.05 Å². The molecule has 0 bridgehead atoms. The molecule has 1 saturated carbocycles. The molecule has 2 aliphatic carbocycles. The summed E-state index contributed by atoms with van der Waals surface area (Å²) >= 11 is 0. The molecule has 0 spiro atoms. The first-order chi connectivity index (χ1) is 11.6. The highest BCUT2D eigenvalue weighted by molar-refractivity contribution is 7.44. The number of fused-ring (bicyclic) bond motifs is 1. The monoisotopic (exact) mass is 352 g/mol. The maximum Gasteiger partial charge on any atom is 0.259 e. The van der Waals surface area contributed by atoms with Crippen molar-refractivity contribution in [2.75, 3.05) is 13.2 Å². The van der Waals surface area contributed by atoms with Crippen molar-refractivity contribution < 1.29 is 9.05 Å². The molecular formula is C19H33N2O2P. The van der Waals surface area contributed by atoms with Crippen LogP contribution >= 0.6 is 8.53 Å². The van der Waals surface area contributed by atoms with Gasteiger partial charge in [-0.05, 0) is 71.1 Å². The van der Waals surface area contributed by atoms with Gasteiger partial charge in [-0.2, -0.15) is 5.26 Å². The van der Waals surface area contributed by atoms with Crippen LogP contribution in [0.2, 0.25) is 0 Å². The summed E-state index contributed by atoms with van der Waals surface area (Å²) in [6, 6.07) is 2.90. The fraction of sp³-hybridized carbons (Fsp3) is 0.842. The van der Waals surface area contributed by atoms with Crippen LogP contribution in [0.25, 0.3) is 0 Å². The van der Waals surface area contributed by atoms with E-state index in [0.29, 0.717) is 31.0 Å². The predicted octanol–water partition coefficient (Wildman–Crippen LogP) is 5.27. The van der Waals surface area contributed by atoms with Gasteiger partial charge in [0, 0.05) is 12.1 Å². The number of allylic oxidation sites excluding steroid dienone is 2. The number of nitrogens with zero attached hydrogens (tertiary/aromatic N) is 2. The van der Waals surface area contributed by atoms with Gasteiger partial charge in [0.05, 0.1) is 25.7 Å². The number of rotatable bonds is 9. The van der Waals surface area contributed by atoms with Crippen LogP contribution < -0.4 is 0 Å². The third kappa shape index (κ3) is 5.53. The molecule has 0 saturated heterocycles. The summed E-state index contributed by atoms with van der Waals surface area (Å²) in [5.41, 5.74) is 0. The van der Waals surface area contributed by atoms with E-state index in [1.807, 2.05) is 0 Å². The topological polar surface area (TPSA) is 45.5 Å². The molecule has 0 aliphatic heterocycles. The lowest BCUT2D eigenvalue weighted by Gasteiger charge is -2.35. The SMILES string of the molecule is CC(C)N(C(C)C)P(OCCC#N)OCC1C2CC/C=C/CCC21. The Bertz CT molecular complexity index is 423. The minimum atomic E-state index is -1.08. The number of hydrogen-bond acceptors (Lipinski definition) is 4. The Morgan fingerprint density at radius 2 is 1.67 bits per heavy atom. The molecule has 0 aromatic heterocycles. The first-order valence-corrected chi connectivity index (χ1v) is 10.6. The largest absolute Gasteiger partial charge is 0.322 e. The van der Waals surface area contributed by atoms with Gasteiger partial charge >= 0.3 is 0 Å². The zero-order chi connectivity index (χ0) is 17.5. The molecule has 1 fully saturated rings. The summed E-state index contributed by atoms with van der Waals surface area (Å²) in [6.45, 7) is 10.0. The van der Waals surface area contributed by atoms with E-state index in [0.717, 1.165) is 18.4 Å². The van der Waals surface area contributed by atoms with Crippen LogP contribution in [0.5, 0.6) is 0 Å². The molecule has 136 valence electrons. The fourth-order valence-corrected chi connectivity index (χ4v) is 5.55. The van der Waals surface area contributed by atoms with Crippen molar-refractivity contribution in [1.82, 2.24) is 4.67 Å². The van der Waals surface area contributed by atoms with Crippen LogP contribution in [0.1, 0.15) is 59.8 Å². The Morgan fingerprint density at radius 3 is 2.17 bits per heavy atom. The molecule has 0 aromatic carbocycles. The molecule has 3 atom stereocenters. The van der Waals surface area contributed by atoms with E-state index in [1.54, 1.807) is 0 Å². The summed E-state index contributed by atoms with van der Waals surface area (Å²) in [6.07, 6.45) is 10.1. The third-order valence-corrected chi connectivity index (χ3v) is 7.12. The van der Waals surface area contributed by atoms with Crippen LogP contribution in [-0.2, 0) is 9.05 Å². The molecule has 3 unspecified atom stereocenters. The molecular weight excluding hydrogens is 319 g/mol. The van der Waals surface area contributed by atoms with E-state index in [9.17, 15) is 0 Å². The molecule has 4 nitrogen and oxygen atoms in total. The molecule has 0 radical (unpaired) electrons. The van der Waals surface area contributed by atoms with Gasteiger partial charge in [-0.1, -0.05) is 12.2 Å². The van der Waals surface area contributed by atoms with Crippen molar-refractivity contribution in [2.24, 2.45) is 17.8 Å². The Balaban J connectivity index is 1.89. The maximum atomic E-state index is 8.77.